The van der Waals surface area contributed by atoms with Crippen LogP contribution in [0.25, 0.3) is 0 Å². The molecule has 14 heavy (non-hydrogen) atoms. The second-order valence-corrected chi connectivity index (χ2v) is 4.61. The molecule has 1 nitrogen and oxygen atoms in total. The van der Waals surface area contributed by atoms with Crippen molar-refractivity contribution < 1.29 is 5.11 Å². The number of halogens is 2. The lowest BCUT2D eigenvalue weighted by Crippen LogP contribution is -2.06. The second kappa shape index (κ2) is 4.09. The Morgan fingerprint density at radius 2 is 2.00 bits per heavy atom. The summed E-state index contributed by atoms with van der Waals surface area (Å²) in [5, 5.41) is 10.4. The Hall–Kier alpha value is -0.240. The lowest BCUT2D eigenvalue weighted by Gasteiger charge is -2.13. The van der Waals surface area contributed by atoms with Gasteiger partial charge in [-0.25, -0.2) is 0 Å². The maximum absolute atomic E-state index is 9.27. The highest BCUT2D eigenvalue weighted by atomic mass is 35.5. The minimum Gasteiger partial charge on any atom is -0.396 e. The summed E-state index contributed by atoms with van der Waals surface area (Å²) >= 11 is 11.8. The number of hydrogen-bond donors (Lipinski definition) is 1. The van der Waals surface area contributed by atoms with E-state index >= 15 is 0 Å². The first-order valence-electron chi connectivity index (χ1n) is 4.78. The van der Waals surface area contributed by atoms with Gasteiger partial charge in [-0.1, -0.05) is 29.3 Å². The van der Waals surface area contributed by atoms with Crippen molar-refractivity contribution in [1.82, 2.24) is 0 Å². The van der Waals surface area contributed by atoms with Crippen LogP contribution in [0.2, 0.25) is 10.0 Å². The highest BCUT2D eigenvalue weighted by molar-refractivity contribution is 6.42. The van der Waals surface area contributed by atoms with Gasteiger partial charge in [0.1, 0.15) is 0 Å². The van der Waals surface area contributed by atoms with Crippen LogP contribution in [0.15, 0.2) is 18.2 Å². The molecule has 1 fully saturated rings. The van der Waals surface area contributed by atoms with Crippen LogP contribution in [-0.4, -0.2) is 11.7 Å². The number of hydrogen-bond acceptors (Lipinski definition) is 1. The van der Waals surface area contributed by atoms with Gasteiger partial charge in [-0.15, -0.1) is 0 Å². The minimum atomic E-state index is 0.197. The number of rotatable bonds is 3. The largest absolute Gasteiger partial charge is 0.396 e. The molecule has 0 amide bonds. The molecule has 76 valence electrons. The average Bonchev–Trinajstić information content (AvgIpc) is 2.96. The highest BCUT2D eigenvalue weighted by Crippen LogP contribution is 2.43. The summed E-state index contributed by atoms with van der Waals surface area (Å²) in [5.41, 5.74) is 1.10. The van der Waals surface area contributed by atoms with Gasteiger partial charge in [0.2, 0.25) is 0 Å². The van der Waals surface area contributed by atoms with Crippen molar-refractivity contribution in [2.24, 2.45) is 5.92 Å². The molecule has 0 saturated heterocycles. The Bertz CT molecular complexity index is 334. The topological polar surface area (TPSA) is 20.2 Å². The van der Waals surface area contributed by atoms with E-state index in [1.54, 1.807) is 6.07 Å². The molecule has 1 unspecified atom stereocenters. The number of aliphatic hydroxyl groups is 1. The molecule has 1 atom stereocenters. The van der Waals surface area contributed by atoms with Crippen molar-refractivity contribution in [2.45, 2.75) is 18.8 Å². The zero-order valence-electron chi connectivity index (χ0n) is 7.71. The fraction of sp³-hybridized carbons (Fsp3) is 0.455. The molecule has 0 radical (unpaired) electrons. The third-order valence-corrected chi connectivity index (χ3v) is 3.50. The monoisotopic (exact) mass is 230 g/mol. The Kier molecular flexibility index (Phi) is 3.01. The lowest BCUT2D eigenvalue weighted by molar-refractivity contribution is 0.253. The molecule has 0 heterocycles. The Labute approximate surface area is 93.7 Å². The first-order chi connectivity index (χ1) is 6.72. The second-order valence-electron chi connectivity index (χ2n) is 3.80. The van der Waals surface area contributed by atoms with Gasteiger partial charge >= 0.3 is 0 Å². The molecule has 0 bridgehead atoms. The van der Waals surface area contributed by atoms with Crippen LogP contribution in [0.3, 0.4) is 0 Å². The van der Waals surface area contributed by atoms with Crippen LogP contribution in [0.5, 0.6) is 0 Å². The van der Waals surface area contributed by atoms with Crippen LogP contribution in [0, 0.1) is 5.92 Å². The van der Waals surface area contributed by atoms with Gasteiger partial charge < -0.3 is 5.11 Å². The minimum absolute atomic E-state index is 0.197. The van der Waals surface area contributed by atoms with Gasteiger partial charge in [-0.05, 0) is 36.5 Å². The molecule has 1 aromatic carbocycles. The van der Waals surface area contributed by atoms with Crippen molar-refractivity contribution in [3.63, 3.8) is 0 Å². The van der Waals surface area contributed by atoms with Crippen molar-refractivity contribution in [1.29, 1.82) is 0 Å². The normalized spacial score (nSPS) is 18.2. The van der Waals surface area contributed by atoms with Crippen molar-refractivity contribution in [3.05, 3.63) is 33.8 Å². The van der Waals surface area contributed by atoms with E-state index in [4.69, 9.17) is 23.2 Å². The smallest absolute Gasteiger partial charge is 0.0595 e. The van der Waals surface area contributed by atoms with Gasteiger partial charge in [-0.2, -0.15) is 0 Å². The number of aliphatic hydroxyl groups excluding tert-OH is 1. The molecule has 0 spiro atoms. The first kappa shape index (κ1) is 10.3. The summed E-state index contributed by atoms with van der Waals surface area (Å²) in [7, 11) is 0. The summed E-state index contributed by atoms with van der Waals surface area (Å²) in [6, 6.07) is 5.61. The SMILES string of the molecule is OCC(c1ccc(Cl)c(Cl)c1)C1CC1. The lowest BCUT2D eigenvalue weighted by atomic mass is 9.95. The van der Waals surface area contributed by atoms with Crippen LogP contribution in [-0.2, 0) is 0 Å². The van der Waals surface area contributed by atoms with Gasteiger partial charge in [-0.3, -0.25) is 0 Å². The highest BCUT2D eigenvalue weighted by Gasteiger charge is 2.31. The fourth-order valence-corrected chi connectivity index (χ4v) is 2.07. The van der Waals surface area contributed by atoms with Crippen LogP contribution < -0.4 is 0 Å². The quantitative estimate of drug-likeness (QED) is 0.844. The molecule has 0 aliphatic heterocycles. The van der Waals surface area contributed by atoms with Gasteiger partial charge in [0.05, 0.1) is 16.7 Å². The van der Waals surface area contributed by atoms with Crippen LogP contribution in [0.4, 0.5) is 0 Å². The molecule has 1 aliphatic rings. The van der Waals surface area contributed by atoms with E-state index in [-0.39, 0.29) is 12.5 Å². The van der Waals surface area contributed by atoms with Gasteiger partial charge in [0.15, 0.2) is 0 Å². The van der Waals surface area contributed by atoms with Crippen molar-refractivity contribution >= 4 is 23.2 Å². The first-order valence-corrected chi connectivity index (χ1v) is 5.53. The van der Waals surface area contributed by atoms with E-state index in [2.05, 4.69) is 0 Å². The van der Waals surface area contributed by atoms with Crippen LogP contribution in [0.1, 0.15) is 24.3 Å². The zero-order chi connectivity index (χ0) is 10.1. The molecule has 1 aromatic rings. The van der Waals surface area contributed by atoms with E-state index in [1.807, 2.05) is 12.1 Å². The zero-order valence-corrected chi connectivity index (χ0v) is 9.22. The van der Waals surface area contributed by atoms with E-state index in [0.717, 1.165) is 5.56 Å². The summed E-state index contributed by atoms with van der Waals surface area (Å²) in [6.45, 7) is 0.197. The number of benzene rings is 1. The standard InChI is InChI=1S/C11H12Cl2O/c12-10-4-3-8(5-11(10)13)9(6-14)7-1-2-7/h3-5,7,9,14H,1-2,6H2. The molecule has 2 rings (SSSR count). The summed E-state index contributed by atoms with van der Waals surface area (Å²) < 4.78 is 0. The molecule has 3 heteroatoms. The van der Waals surface area contributed by atoms with Gasteiger partial charge in [0, 0.05) is 5.92 Å². The van der Waals surface area contributed by atoms with Crippen molar-refractivity contribution in [2.75, 3.05) is 6.61 Å². The molecular formula is C11H12Cl2O. The van der Waals surface area contributed by atoms with Crippen LogP contribution >= 0.6 is 23.2 Å². The third-order valence-electron chi connectivity index (χ3n) is 2.76. The van der Waals surface area contributed by atoms with Crippen molar-refractivity contribution in [3.8, 4) is 0 Å². The summed E-state index contributed by atoms with van der Waals surface area (Å²) in [6.07, 6.45) is 2.43. The van der Waals surface area contributed by atoms with E-state index in [1.165, 1.54) is 12.8 Å². The predicted octanol–water partition coefficient (Wildman–Crippen LogP) is 3.48. The summed E-state index contributed by atoms with van der Waals surface area (Å²) in [4.78, 5) is 0. The molecule has 1 N–H and O–H groups in total. The van der Waals surface area contributed by atoms with Gasteiger partial charge in [0.25, 0.3) is 0 Å². The van der Waals surface area contributed by atoms with E-state index < -0.39 is 0 Å². The Balaban J connectivity index is 2.25. The molecule has 0 aromatic heterocycles. The predicted molar refractivity (Wildman–Crippen MR) is 59.0 cm³/mol. The average molecular weight is 231 g/mol. The fourth-order valence-electron chi connectivity index (χ4n) is 1.77. The Morgan fingerprint density at radius 3 is 2.50 bits per heavy atom. The molecule has 1 aliphatic carbocycles. The molecule has 1 saturated carbocycles. The van der Waals surface area contributed by atoms with E-state index in [0.29, 0.717) is 16.0 Å². The maximum Gasteiger partial charge on any atom is 0.0595 e. The third kappa shape index (κ3) is 2.05. The Morgan fingerprint density at radius 1 is 1.29 bits per heavy atom. The summed E-state index contributed by atoms with van der Waals surface area (Å²) in [5.74, 6) is 0.877. The molecular weight excluding hydrogens is 219 g/mol. The maximum atomic E-state index is 9.27. The van der Waals surface area contributed by atoms with E-state index in [9.17, 15) is 5.11 Å².